The van der Waals surface area contributed by atoms with Crippen LogP contribution in [0.3, 0.4) is 0 Å². The molecule has 1 aromatic heterocycles. The number of urea groups is 1. The van der Waals surface area contributed by atoms with Gasteiger partial charge < -0.3 is 24.2 Å². The van der Waals surface area contributed by atoms with Gasteiger partial charge in [0.15, 0.2) is 0 Å². The van der Waals surface area contributed by atoms with E-state index in [-0.39, 0.29) is 12.1 Å². The van der Waals surface area contributed by atoms with E-state index in [0.29, 0.717) is 28.8 Å². The van der Waals surface area contributed by atoms with Crippen molar-refractivity contribution in [1.29, 1.82) is 0 Å². The van der Waals surface area contributed by atoms with Crippen LogP contribution < -0.4 is 14.8 Å². The van der Waals surface area contributed by atoms with Crippen molar-refractivity contribution in [3.8, 4) is 11.5 Å². The number of nitrogens with one attached hydrogen (secondary N) is 1. The maximum atomic E-state index is 13.0. The van der Waals surface area contributed by atoms with E-state index in [9.17, 15) is 4.79 Å². The predicted molar refractivity (Wildman–Crippen MR) is 103 cm³/mol. The van der Waals surface area contributed by atoms with Crippen molar-refractivity contribution >= 4 is 23.3 Å². The number of hydrogen-bond acceptors (Lipinski definition) is 5. The molecule has 7 nitrogen and oxygen atoms in total. The van der Waals surface area contributed by atoms with Crippen LogP contribution in [-0.2, 0) is 6.42 Å². The van der Waals surface area contributed by atoms with Crippen LogP contribution in [0.25, 0.3) is 0 Å². The molecule has 3 rings (SSSR count). The third-order valence-electron chi connectivity index (χ3n) is 4.87. The Labute approximate surface area is 163 Å². The van der Waals surface area contributed by atoms with Crippen LogP contribution >= 0.6 is 11.6 Å². The second-order valence-electron chi connectivity index (χ2n) is 6.43. The molecule has 1 N–H and O–H groups in total. The number of nitrogens with zero attached hydrogens (tertiary/aromatic N) is 2. The Bertz CT molecular complexity index is 837. The smallest absolute Gasteiger partial charge is 0.322 e. The zero-order valence-electron chi connectivity index (χ0n) is 16.0. The van der Waals surface area contributed by atoms with Gasteiger partial charge in [0.25, 0.3) is 0 Å². The molecule has 0 unspecified atom stereocenters. The molecule has 1 aromatic carbocycles. The van der Waals surface area contributed by atoms with Crippen LogP contribution in [0.2, 0.25) is 5.02 Å². The third kappa shape index (κ3) is 3.69. The van der Waals surface area contributed by atoms with Gasteiger partial charge in [-0.2, -0.15) is 0 Å². The Morgan fingerprint density at radius 3 is 2.78 bits per heavy atom. The molecule has 2 heterocycles. The van der Waals surface area contributed by atoms with Crippen molar-refractivity contribution < 1.29 is 18.8 Å². The molecular formula is C19H24ClN3O4. The Kier molecular flexibility index (Phi) is 5.79. The number of aromatic nitrogens is 1. The van der Waals surface area contributed by atoms with Crippen LogP contribution in [0.4, 0.5) is 10.5 Å². The number of benzene rings is 1. The highest BCUT2D eigenvalue weighted by atomic mass is 35.5. The summed E-state index contributed by atoms with van der Waals surface area (Å²) in [5.41, 5.74) is 2.35. The van der Waals surface area contributed by atoms with Crippen LogP contribution in [0.5, 0.6) is 11.5 Å². The molecule has 8 heteroatoms. The molecule has 2 aromatic rings. The first kappa shape index (κ1) is 19.4. The summed E-state index contributed by atoms with van der Waals surface area (Å²) in [5.74, 6) is 1.80. The second kappa shape index (κ2) is 8.08. The summed E-state index contributed by atoms with van der Waals surface area (Å²) < 4.78 is 16.0. The number of ether oxygens (including phenoxy) is 2. The number of carbonyl (C=O) groups is 1. The molecule has 146 valence electrons. The maximum absolute atomic E-state index is 13.0. The largest absolute Gasteiger partial charge is 0.495 e. The molecular weight excluding hydrogens is 370 g/mol. The molecule has 0 aliphatic carbocycles. The Morgan fingerprint density at radius 1 is 1.37 bits per heavy atom. The number of halogens is 1. The fourth-order valence-corrected chi connectivity index (χ4v) is 3.80. The normalized spacial score (nSPS) is 16.5. The van der Waals surface area contributed by atoms with Crippen LogP contribution in [0.1, 0.15) is 42.8 Å². The third-order valence-corrected chi connectivity index (χ3v) is 5.16. The first-order valence-electron chi connectivity index (χ1n) is 8.94. The molecule has 1 aliphatic heterocycles. The fraction of sp³-hybridized carbons (Fsp3) is 0.474. The van der Waals surface area contributed by atoms with E-state index in [1.807, 2.05) is 18.7 Å². The Hall–Kier alpha value is -2.41. The zero-order chi connectivity index (χ0) is 19.6. The van der Waals surface area contributed by atoms with Gasteiger partial charge in [-0.25, -0.2) is 4.79 Å². The molecule has 27 heavy (non-hydrogen) atoms. The van der Waals surface area contributed by atoms with Gasteiger partial charge in [0.2, 0.25) is 0 Å². The quantitative estimate of drug-likeness (QED) is 0.804. The Morgan fingerprint density at radius 2 is 2.11 bits per heavy atom. The average molecular weight is 394 g/mol. The van der Waals surface area contributed by atoms with Crippen molar-refractivity contribution in [1.82, 2.24) is 10.1 Å². The van der Waals surface area contributed by atoms with Crippen molar-refractivity contribution in [2.75, 3.05) is 26.1 Å². The minimum atomic E-state index is -0.209. The lowest BCUT2D eigenvalue weighted by Gasteiger charge is -2.25. The number of carbonyl (C=O) groups excluding carboxylic acids is 1. The first-order valence-corrected chi connectivity index (χ1v) is 9.32. The van der Waals surface area contributed by atoms with Crippen LogP contribution in [0.15, 0.2) is 16.7 Å². The molecule has 0 saturated carbocycles. The average Bonchev–Trinajstić information content (AvgIpc) is 3.27. The van der Waals surface area contributed by atoms with Gasteiger partial charge in [-0.1, -0.05) is 23.7 Å². The molecule has 2 amide bonds. The minimum Gasteiger partial charge on any atom is -0.495 e. The predicted octanol–water partition coefficient (Wildman–Crippen LogP) is 4.59. The summed E-state index contributed by atoms with van der Waals surface area (Å²) in [7, 11) is 3.06. The van der Waals surface area contributed by atoms with Crippen molar-refractivity contribution in [2.24, 2.45) is 0 Å². The summed E-state index contributed by atoms with van der Waals surface area (Å²) in [6.45, 7) is 4.60. The standard InChI is InChI=1S/C19H24ClN3O4/c1-5-15-18(11(2)22-27-15)14-7-6-8-23(14)19(24)21-13-9-12(20)16(25-3)10-17(13)26-4/h9-10,14H,5-8H2,1-4H3,(H,21,24)/t14-/m0/s1. The van der Waals surface area contributed by atoms with Gasteiger partial charge in [0.1, 0.15) is 17.3 Å². The SMILES string of the molecule is CCc1onc(C)c1[C@@H]1CCCN1C(=O)Nc1cc(Cl)c(OC)cc1OC. The summed E-state index contributed by atoms with van der Waals surface area (Å²) >= 11 is 6.21. The van der Waals surface area contributed by atoms with Gasteiger partial charge in [-0.05, 0) is 25.8 Å². The number of aryl methyl sites for hydroxylation is 2. The zero-order valence-corrected chi connectivity index (χ0v) is 16.7. The van der Waals surface area contributed by atoms with Gasteiger partial charge in [-0.3, -0.25) is 0 Å². The van der Waals surface area contributed by atoms with E-state index in [0.717, 1.165) is 36.3 Å². The molecule has 1 fully saturated rings. The van der Waals surface area contributed by atoms with Gasteiger partial charge in [-0.15, -0.1) is 0 Å². The fourth-order valence-electron chi connectivity index (χ4n) is 3.56. The summed E-state index contributed by atoms with van der Waals surface area (Å²) in [6.07, 6.45) is 2.54. The lowest BCUT2D eigenvalue weighted by Crippen LogP contribution is -2.35. The van der Waals surface area contributed by atoms with Gasteiger partial charge >= 0.3 is 6.03 Å². The number of hydrogen-bond donors (Lipinski definition) is 1. The summed E-state index contributed by atoms with van der Waals surface area (Å²) in [4.78, 5) is 14.8. The number of methoxy groups -OCH3 is 2. The number of likely N-dealkylation sites (tertiary alicyclic amines) is 1. The first-order chi connectivity index (χ1) is 13.0. The monoisotopic (exact) mass is 393 g/mol. The van der Waals surface area contributed by atoms with E-state index in [1.54, 1.807) is 12.1 Å². The van der Waals surface area contributed by atoms with Gasteiger partial charge in [0.05, 0.1) is 36.7 Å². The van der Waals surface area contributed by atoms with E-state index >= 15 is 0 Å². The molecule has 0 bridgehead atoms. The van der Waals surface area contributed by atoms with Gasteiger partial charge in [0, 0.05) is 24.6 Å². The van der Waals surface area contributed by atoms with Crippen molar-refractivity contribution in [3.63, 3.8) is 0 Å². The van der Waals surface area contributed by atoms with E-state index < -0.39 is 0 Å². The van der Waals surface area contributed by atoms with Crippen molar-refractivity contribution in [2.45, 2.75) is 39.2 Å². The van der Waals surface area contributed by atoms with E-state index in [4.69, 9.17) is 25.6 Å². The molecule has 0 spiro atoms. The summed E-state index contributed by atoms with van der Waals surface area (Å²) in [6, 6.07) is 3.02. The lowest BCUT2D eigenvalue weighted by atomic mass is 10.0. The van der Waals surface area contributed by atoms with E-state index in [1.165, 1.54) is 14.2 Å². The highest BCUT2D eigenvalue weighted by Gasteiger charge is 2.34. The number of anilines is 1. The Balaban J connectivity index is 1.85. The van der Waals surface area contributed by atoms with Crippen LogP contribution in [-0.4, -0.2) is 36.9 Å². The maximum Gasteiger partial charge on any atom is 0.322 e. The number of amides is 2. The van der Waals surface area contributed by atoms with Crippen LogP contribution in [0, 0.1) is 6.92 Å². The topological polar surface area (TPSA) is 76.8 Å². The number of rotatable bonds is 5. The minimum absolute atomic E-state index is 0.0501. The van der Waals surface area contributed by atoms with E-state index in [2.05, 4.69) is 10.5 Å². The summed E-state index contributed by atoms with van der Waals surface area (Å²) in [5, 5.41) is 7.40. The molecule has 1 atom stereocenters. The second-order valence-corrected chi connectivity index (χ2v) is 6.83. The molecule has 0 radical (unpaired) electrons. The highest BCUT2D eigenvalue weighted by Crippen LogP contribution is 2.39. The lowest BCUT2D eigenvalue weighted by molar-refractivity contribution is 0.206. The molecule has 1 saturated heterocycles. The van der Waals surface area contributed by atoms with Crippen molar-refractivity contribution in [3.05, 3.63) is 34.2 Å². The highest BCUT2D eigenvalue weighted by molar-refractivity contribution is 6.32. The molecule has 1 aliphatic rings.